The summed E-state index contributed by atoms with van der Waals surface area (Å²) in [5.41, 5.74) is 4.83. The molecule has 0 heterocycles. The summed E-state index contributed by atoms with van der Waals surface area (Å²) in [5.74, 6) is 1.20. The van der Waals surface area contributed by atoms with Gasteiger partial charge in [0, 0.05) is 5.56 Å². The van der Waals surface area contributed by atoms with E-state index in [1.807, 2.05) is 18.2 Å². The van der Waals surface area contributed by atoms with E-state index in [-0.39, 0.29) is 0 Å². The summed E-state index contributed by atoms with van der Waals surface area (Å²) in [5, 5.41) is 12.6. The highest BCUT2D eigenvalue weighted by molar-refractivity contribution is 6.01. The number of phenolic OH excluding ortho intramolecular Hbond substituents is 1. The Morgan fingerprint density at radius 3 is 2.71 bits per heavy atom. The van der Waals surface area contributed by atoms with Gasteiger partial charge in [0.2, 0.25) is 0 Å². The molecule has 0 atom stereocenters. The molecule has 1 aliphatic carbocycles. The SMILES string of the molecule is COc1ccc2c3c(c(O)cc2c1)CCc1ccccc1-3. The predicted octanol–water partition coefficient (Wildman–Crippen LogP) is 4.32. The third-order valence-electron chi connectivity index (χ3n) is 4.36. The number of benzene rings is 3. The van der Waals surface area contributed by atoms with Gasteiger partial charge in [-0.15, -0.1) is 0 Å². The van der Waals surface area contributed by atoms with Gasteiger partial charge >= 0.3 is 0 Å². The summed E-state index contributed by atoms with van der Waals surface area (Å²) in [6.45, 7) is 0. The molecule has 0 spiro atoms. The van der Waals surface area contributed by atoms with E-state index in [1.54, 1.807) is 7.11 Å². The van der Waals surface area contributed by atoms with E-state index in [1.165, 1.54) is 22.1 Å². The molecule has 0 aliphatic heterocycles. The van der Waals surface area contributed by atoms with Crippen LogP contribution in [0.3, 0.4) is 0 Å². The molecule has 0 aromatic heterocycles. The van der Waals surface area contributed by atoms with Crippen molar-refractivity contribution >= 4 is 10.8 Å². The minimum atomic E-state index is 0.389. The van der Waals surface area contributed by atoms with Gasteiger partial charge < -0.3 is 9.84 Å². The van der Waals surface area contributed by atoms with Gasteiger partial charge in [-0.1, -0.05) is 30.3 Å². The maximum atomic E-state index is 10.4. The molecule has 2 nitrogen and oxygen atoms in total. The first kappa shape index (κ1) is 12.3. The van der Waals surface area contributed by atoms with Crippen LogP contribution in [-0.4, -0.2) is 12.2 Å². The molecule has 2 heteroatoms. The average Bonchev–Trinajstić information content (AvgIpc) is 2.54. The van der Waals surface area contributed by atoms with Gasteiger partial charge in [-0.25, -0.2) is 0 Å². The maximum absolute atomic E-state index is 10.4. The number of hydrogen-bond donors (Lipinski definition) is 1. The predicted molar refractivity (Wildman–Crippen MR) is 85.0 cm³/mol. The quantitative estimate of drug-likeness (QED) is 0.717. The molecule has 0 saturated carbocycles. The Balaban J connectivity index is 2.11. The summed E-state index contributed by atoms with van der Waals surface area (Å²) in [7, 11) is 1.66. The fourth-order valence-corrected chi connectivity index (χ4v) is 3.34. The molecule has 0 bridgehead atoms. The second-order valence-electron chi connectivity index (χ2n) is 5.49. The minimum Gasteiger partial charge on any atom is -0.508 e. The van der Waals surface area contributed by atoms with Crippen molar-refractivity contribution in [3.8, 4) is 22.6 Å². The fourth-order valence-electron chi connectivity index (χ4n) is 3.34. The Morgan fingerprint density at radius 2 is 1.86 bits per heavy atom. The van der Waals surface area contributed by atoms with Crippen LogP contribution < -0.4 is 4.74 Å². The van der Waals surface area contributed by atoms with Crippen LogP contribution in [0.5, 0.6) is 11.5 Å². The van der Waals surface area contributed by atoms with Gasteiger partial charge in [-0.2, -0.15) is 0 Å². The fraction of sp³-hybridized carbons (Fsp3) is 0.158. The lowest BCUT2D eigenvalue weighted by Gasteiger charge is -2.23. The second-order valence-corrected chi connectivity index (χ2v) is 5.49. The van der Waals surface area contributed by atoms with Crippen LogP contribution in [0, 0.1) is 0 Å². The lowest BCUT2D eigenvalue weighted by Crippen LogP contribution is -2.04. The van der Waals surface area contributed by atoms with Crippen molar-refractivity contribution in [3.63, 3.8) is 0 Å². The van der Waals surface area contributed by atoms with Gasteiger partial charge in [0.25, 0.3) is 0 Å². The molecule has 1 N–H and O–H groups in total. The number of phenols is 1. The molecule has 3 aromatic rings. The molecule has 0 saturated heterocycles. The van der Waals surface area contributed by atoms with E-state index in [0.29, 0.717) is 5.75 Å². The summed E-state index contributed by atoms with van der Waals surface area (Å²) in [6.07, 6.45) is 1.87. The molecule has 1 aliphatic rings. The van der Waals surface area contributed by atoms with E-state index in [0.717, 1.165) is 29.5 Å². The number of ether oxygens (including phenoxy) is 1. The van der Waals surface area contributed by atoms with Crippen LogP contribution in [0.4, 0.5) is 0 Å². The number of rotatable bonds is 1. The van der Waals surface area contributed by atoms with Gasteiger partial charge in [0.05, 0.1) is 7.11 Å². The smallest absolute Gasteiger partial charge is 0.120 e. The normalized spacial score (nSPS) is 12.8. The van der Waals surface area contributed by atoms with Crippen LogP contribution in [0.1, 0.15) is 11.1 Å². The van der Waals surface area contributed by atoms with Crippen molar-refractivity contribution in [1.29, 1.82) is 0 Å². The third-order valence-corrected chi connectivity index (χ3v) is 4.36. The molecular formula is C19H16O2. The molecule has 4 rings (SSSR count). The average molecular weight is 276 g/mol. The molecule has 0 unspecified atom stereocenters. The molecule has 0 radical (unpaired) electrons. The lowest BCUT2D eigenvalue weighted by atomic mass is 9.82. The van der Waals surface area contributed by atoms with Crippen LogP contribution in [0.15, 0.2) is 48.5 Å². The standard InChI is InChI=1S/C19H16O2/c1-21-14-7-9-16-13(10-14)11-18(20)17-8-6-12-4-2-3-5-15(12)19(16)17/h2-5,7,9-11,20H,6,8H2,1H3. The van der Waals surface area contributed by atoms with E-state index < -0.39 is 0 Å². The molecule has 104 valence electrons. The highest BCUT2D eigenvalue weighted by Gasteiger charge is 2.21. The van der Waals surface area contributed by atoms with E-state index in [9.17, 15) is 5.11 Å². The molecular weight excluding hydrogens is 260 g/mol. The van der Waals surface area contributed by atoms with Crippen molar-refractivity contribution in [1.82, 2.24) is 0 Å². The second kappa shape index (κ2) is 4.52. The Labute approximate surface area is 123 Å². The van der Waals surface area contributed by atoms with Crippen molar-refractivity contribution in [2.45, 2.75) is 12.8 Å². The first-order chi connectivity index (χ1) is 10.3. The highest BCUT2D eigenvalue weighted by atomic mass is 16.5. The van der Waals surface area contributed by atoms with E-state index in [4.69, 9.17) is 4.74 Å². The number of aromatic hydroxyl groups is 1. The Morgan fingerprint density at radius 1 is 1.00 bits per heavy atom. The zero-order chi connectivity index (χ0) is 14.4. The monoisotopic (exact) mass is 276 g/mol. The van der Waals surface area contributed by atoms with Crippen LogP contribution >= 0.6 is 0 Å². The third kappa shape index (κ3) is 1.79. The molecule has 0 amide bonds. The van der Waals surface area contributed by atoms with Gasteiger partial charge in [0.1, 0.15) is 11.5 Å². The summed E-state index contributed by atoms with van der Waals surface area (Å²) < 4.78 is 5.29. The Kier molecular flexibility index (Phi) is 2.64. The summed E-state index contributed by atoms with van der Waals surface area (Å²) >= 11 is 0. The highest BCUT2D eigenvalue weighted by Crippen LogP contribution is 2.43. The largest absolute Gasteiger partial charge is 0.508 e. The topological polar surface area (TPSA) is 29.5 Å². The van der Waals surface area contributed by atoms with Crippen LogP contribution in [-0.2, 0) is 12.8 Å². The van der Waals surface area contributed by atoms with Gasteiger partial charge in [-0.05, 0) is 58.5 Å². The van der Waals surface area contributed by atoms with Crippen molar-refractivity contribution in [2.75, 3.05) is 7.11 Å². The van der Waals surface area contributed by atoms with Crippen molar-refractivity contribution in [2.24, 2.45) is 0 Å². The van der Waals surface area contributed by atoms with E-state index >= 15 is 0 Å². The molecule has 3 aromatic carbocycles. The Bertz CT molecular complexity index is 850. The number of hydrogen-bond acceptors (Lipinski definition) is 2. The van der Waals surface area contributed by atoms with Crippen LogP contribution in [0.2, 0.25) is 0 Å². The summed E-state index contributed by atoms with van der Waals surface area (Å²) in [6, 6.07) is 16.4. The van der Waals surface area contributed by atoms with Crippen molar-refractivity contribution in [3.05, 3.63) is 59.7 Å². The lowest BCUT2D eigenvalue weighted by molar-refractivity contribution is 0.415. The first-order valence-electron chi connectivity index (χ1n) is 7.19. The molecule has 0 fully saturated rings. The van der Waals surface area contributed by atoms with Crippen LogP contribution in [0.25, 0.3) is 21.9 Å². The first-order valence-corrected chi connectivity index (χ1v) is 7.19. The maximum Gasteiger partial charge on any atom is 0.120 e. The number of methoxy groups -OCH3 is 1. The zero-order valence-electron chi connectivity index (χ0n) is 11.9. The molecule has 21 heavy (non-hydrogen) atoms. The number of aryl methyl sites for hydroxylation is 1. The zero-order valence-corrected chi connectivity index (χ0v) is 11.9. The van der Waals surface area contributed by atoms with E-state index in [2.05, 4.69) is 30.3 Å². The minimum absolute atomic E-state index is 0.389. The summed E-state index contributed by atoms with van der Waals surface area (Å²) in [4.78, 5) is 0. The van der Waals surface area contributed by atoms with Gasteiger partial charge in [-0.3, -0.25) is 0 Å². The number of fused-ring (bicyclic) bond motifs is 5. The van der Waals surface area contributed by atoms with Crippen molar-refractivity contribution < 1.29 is 9.84 Å². The van der Waals surface area contributed by atoms with Gasteiger partial charge in [0.15, 0.2) is 0 Å². The Hall–Kier alpha value is -2.48.